The van der Waals surface area contributed by atoms with E-state index in [0.717, 1.165) is 5.56 Å². The second-order valence-corrected chi connectivity index (χ2v) is 5.96. The molecular formula is C19H20N2O4. The van der Waals surface area contributed by atoms with Crippen molar-refractivity contribution in [3.8, 4) is 6.07 Å². The molecule has 1 N–H and O–H groups in total. The maximum atomic E-state index is 12.3. The number of carbonyl (C=O) groups is 2. The van der Waals surface area contributed by atoms with Gasteiger partial charge in [-0.3, -0.25) is 0 Å². The minimum absolute atomic E-state index is 0.0772. The summed E-state index contributed by atoms with van der Waals surface area (Å²) in [6, 6.07) is 8.80. The van der Waals surface area contributed by atoms with E-state index >= 15 is 0 Å². The molecule has 0 atom stereocenters. The number of rotatable bonds is 5. The summed E-state index contributed by atoms with van der Waals surface area (Å²) in [7, 11) is 0. The standard InChI is InChI=1S/C19H20N2O4/c1-11(2)25-18(22)16-12(3)17(21-13(16)4)19(23)24-10-15-7-5-14(9-20)6-8-15/h5-8,11,21H,10H2,1-4H3. The van der Waals surface area contributed by atoms with Crippen LogP contribution in [0.2, 0.25) is 0 Å². The molecule has 0 aliphatic heterocycles. The number of hydrogen-bond donors (Lipinski definition) is 1. The van der Waals surface area contributed by atoms with Crippen LogP contribution in [-0.2, 0) is 16.1 Å². The van der Waals surface area contributed by atoms with Gasteiger partial charge in [0.25, 0.3) is 0 Å². The maximum absolute atomic E-state index is 12.3. The van der Waals surface area contributed by atoms with Crippen molar-refractivity contribution < 1.29 is 19.1 Å². The zero-order valence-electron chi connectivity index (χ0n) is 14.7. The fourth-order valence-corrected chi connectivity index (χ4v) is 2.43. The smallest absolute Gasteiger partial charge is 0.355 e. The zero-order valence-corrected chi connectivity index (χ0v) is 14.7. The number of aryl methyl sites for hydroxylation is 1. The molecule has 1 heterocycles. The molecule has 6 nitrogen and oxygen atoms in total. The Hall–Kier alpha value is -3.07. The number of hydrogen-bond acceptors (Lipinski definition) is 5. The Balaban J connectivity index is 2.11. The van der Waals surface area contributed by atoms with Gasteiger partial charge in [-0.2, -0.15) is 5.26 Å². The van der Waals surface area contributed by atoms with Crippen molar-refractivity contribution >= 4 is 11.9 Å². The predicted octanol–water partition coefficient (Wildman–Crippen LogP) is 3.43. The first kappa shape index (κ1) is 18.3. The van der Waals surface area contributed by atoms with E-state index in [0.29, 0.717) is 22.4 Å². The highest BCUT2D eigenvalue weighted by molar-refractivity contribution is 5.98. The third kappa shape index (κ3) is 4.27. The highest BCUT2D eigenvalue weighted by atomic mass is 16.5. The topological polar surface area (TPSA) is 92.2 Å². The third-order valence-corrected chi connectivity index (χ3v) is 3.64. The summed E-state index contributed by atoms with van der Waals surface area (Å²) in [5.74, 6) is -1.01. The van der Waals surface area contributed by atoms with Gasteiger partial charge in [0.15, 0.2) is 0 Å². The number of carbonyl (C=O) groups excluding carboxylic acids is 2. The lowest BCUT2D eigenvalue weighted by Gasteiger charge is -2.08. The second kappa shape index (κ2) is 7.67. The van der Waals surface area contributed by atoms with Crippen LogP contribution >= 0.6 is 0 Å². The van der Waals surface area contributed by atoms with Gasteiger partial charge in [-0.1, -0.05) is 12.1 Å². The number of ether oxygens (including phenoxy) is 2. The first-order valence-corrected chi connectivity index (χ1v) is 7.89. The summed E-state index contributed by atoms with van der Waals surface area (Å²) < 4.78 is 10.5. The molecule has 130 valence electrons. The van der Waals surface area contributed by atoms with Crippen molar-refractivity contribution in [2.75, 3.05) is 0 Å². The lowest BCUT2D eigenvalue weighted by atomic mass is 10.1. The molecule has 2 rings (SSSR count). The molecule has 0 aliphatic rings. The highest BCUT2D eigenvalue weighted by Gasteiger charge is 2.24. The van der Waals surface area contributed by atoms with Crippen LogP contribution in [0.4, 0.5) is 0 Å². The quantitative estimate of drug-likeness (QED) is 0.842. The van der Waals surface area contributed by atoms with E-state index in [-0.39, 0.29) is 18.4 Å². The number of H-pyrrole nitrogens is 1. The normalized spacial score (nSPS) is 10.4. The molecule has 0 bridgehead atoms. The Morgan fingerprint density at radius 1 is 1.16 bits per heavy atom. The molecule has 0 amide bonds. The van der Waals surface area contributed by atoms with E-state index in [1.54, 1.807) is 52.0 Å². The van der Waals surface area contributed by atoms with Gasteiger partial charge in [0.05, 0.1) is 23.3 Å². The lowest BCUT2D eigenvalue weighted by molar-refractivity contribution is 0.0376. The lowest BCUT2D eigenvalue weighted by Crippen LogP contribution is -2.13. The summed E-state index contributed by atoms with van der Waals surface area (Å²) in [6.45, 7) is 7.00. The average Bonchev–Trinajstić information content (AvgIpc) is 2.87. The molecule has 0 unspecified atom stereocenters. The van der Waals surface area contributed by atoms with Crippen molar-refractivity contribution in [1.29, 1.82) is 5.26 Å². The van der Waals surface area contributed by atoms with Gasteiger partial charge < -0.3 is 14.5 Å². The minimum atomic E-state index is -0.548. The molecule has 1 aromatic carbocycles. The minimum Gasteiger partial charge on any atom is -0.459 e. The van der Waals surface area contributed by atoms with Crippen molar-refractivity contribution in [3.63, 3.8) is 0 Å². The number of nitriles is 1. The van der Waals surface area contributed by atoms with Crippen LogP contribution in [0.1, 0.15) is 57.1 Å². The maximum Gasteiger partial charge on any atom is 0.355 e. The monoisotopic (exact) mass is 340 g/mol. The van der Waals surface area contributed by atoms with Crippen molar-refractivity contribution in [3.05, 3.63) is 57.9 Å². The summed E-state index contributed by atoms with van der Waals surface area (Å²) in [4.78, 5) is 27.4. The van der Waals surface area contributed by atoms with Crippen LogP contribution in [-0.4, -0.2) is 23.0 Å². The van der Waals surface area contributed by atoms with Gasteiger partial charge in [-0.05, 0) is 51.0 Å². The van der Waals surface area contributed by atoms with Gasteiger partial charge in [-0.15, -0.1) is 0 Å². The first-order valence-electron chi connectivity index (χ1n) is 7.89. The largest absolute Gasteiger partial charge is 0.459 e. The van der Waals surface area contributed by atoms with Crippen LogP contribution in [0.25, 0.3) is 0 Å². The molecule has 0 radical (unpaired) electrons. The van der Waals surface area contributed by atoms with Gasteiger partial charge in [0.1, 0.15) is 12.3 Å². The molecular weight excluding hydrogens is 320 g/mol. The number of nitrogens with one attached hydrogen (secondary N) is 1. The van der Waals surface area contributed by atoms with Gasteiger partial charge in [0, 0.05) is 5.69 Å². The van der Waals surface area contributed by atoms with Crippen LogP contribution in [0, 0.1) is 25.2 Å². The van der Waals surface area contributed by atoms with Crippen LogP contribution in [0.5, 0.6) is 0 Å². The Morgan fingerprint density at radius 2 is 1.80 bits per heavy atom. The molecule has 0 aliphatic carbocycles. The molecule has 2 aromatic rings. The van der Waals surface area contributed by atoms with E-state index in [1.807, 2.05) is 6.07 Å². The Labute approximate surface area is 146 Å². The van der Waals surface area contributed by atoms with Crippen LogP contribution in [0.3, 0.4) is 0 Å². The van der Waals surface area contributed by atoms with Crippen LogP contribution in [0.15, 0.2) is 24.3 Å². The Kier molecular flexibility index (Phi) is 5.60. The fourth-order valence-electron chi connectivity index (χ4n) is 2.43. The van der Waals surface area contributed by atoms with E-state index in [4.69, 9.17) is 14.7 Å². The Morgan fingerprint density at radius 3 is 2.36 bits per heavy atom. The molecule has 1 aromatic heterocycles. The van der Waals surface area contributed by atoms with E-state index in [2.05, 4.69) is 4.98 Å². The molecule has 0 spiro atoms. The number of aromatic nitrogens is 1. The molecule has 25 heavy (non-hydrogen) atoms. The van der Waals surface area contributed by atoms with Crippen LogP contribution < -0.4 is 0 Å². The number of aromatic amines is 1. The van der Waals surface area contributed by atoms with E-state index in [9.17, 15) is 9.59 Å². The summed E-state index contributed by atoms with van der Waals surface area (Å²) in [6.07, 6.45) is -0.243. The van der Waals surface area contributed by atoms with E-state index < -0.39 is 11.9 Å². The molecule has 6 heteroatoms. The highest BCUT2D eigenvalue weighted by Crippen LogP contribution is 2.21. The SMILES string of the molecule is Cc1[nH]c(C(=O)OCc2ccc(C#N)cc2)c(C)c1C(=O)OC(C)C. The van der Waals surface area contributed by atoms with Gasteiger partial charge >= 0.3 is 11.9 Å². The average molecular weight is 340 g/mol. The third-order valence-electron chi connectivity index (χ3n) is 3.64. The Bertz CT molecular complexity index is 826. The first-order chi connectivity index (χ1) is 11.8. The van der Waals surface area contributed by atoms with Gasteiger partial charge in [0.2, 0.25) is 0 Å². The summed E-state index contributed by atoms with van der Waals surface area (Å²) >= 11 is 0. The molecule has 0 saturated carbocycles. The summed E-state index contributed by atoms with van der Waals surface area (Å²) in [5.41, 5.74) is 2.98. The summed E-state index contributed by atoms with van der Waals surface area (Å²) in [5, 5.41) is 8.78. The zero-order chi connectivity index (χ0) is 18.6. The van der Waals surface area contributed by atoms with Gasteiger partial charge in [-0.25, -0.2) is 9.59 Å². The second-order valence-electron chi connectivity index (χ2n) is 5.96. The fraction of sp³-hybridized carbons (Fsp3) is 0.316. The van der Waals surface area contributed by atoms with Crippen molar-refractivity contribution in [2.45, 2.75) is 40.4 Å². The predicted molar refractivity (Wildman–Crippen MR) is 91.1 cm³/mol. The molecule has 0 saturated heterocycles. The number of nitrogens with zero attached hydrogens (tertiary/aromatic N) is 1. The number of benzene rings is 1. The van der Waals surface area contributed by atoms with Crippen molar-refractivity contribution in [1.82, 2.24) is 4.98 Å². The van der Waals surface area contributed by atoms with E-state index in [1.165, 1.54) is 0 Å². The number of esters is 2. The molecule has 0 fully saturated rings. The van der Waals surface area contributed by atoms with Crippen molar-refractivity contribution in [2.24, 2.45) is 0 Å².